The highest BCUT2D eigenvalue weighted by molar-refractivity contribution is 5.94. The first kappa shape index (κ1) is 15.9. The van der Waals surface area contributed by atoms with Gasteiger partial charge in [0, 0.05) is 32.2 Å². The Hall–Kier alpha value is -1.43. The van der Waals surface area contributed by atoms with Gasteiger partial charge >= 0.3 is 0 Å². The molecule has 0 saturated carbocycles. The third kappa shape index (κ3) is 4.03. The van der Waals surface area contributed by atoms with Gasteiger partial charge in [0.25, 0.3) is 5.91 Å². The lowest BCUT2D eigenvalue weighted by atomic mass is 10.1. The van der Waals surface area contributed by atoms with E-state index in [1.54, 1.807) is 7.05 Å². The molecule has 1 aliphatic rings. The van der Waals surface area contributed by atoms with Crippen molar-refractivity contribution in [3.63, 3.8) is 0 Å². The topological polar surface area (TPSA) is 42.0 Å². The highest BCUT2D eigenvalue weighted by Gasteiger charge is 2.24. The highest BCUT2D eigenvalue weighted by atomic mass is 16.7. The Labute approximate surface area is 126 Å². The number of hydroxylamine groups is 2. The standard InChI is InChI=1S/C16H24N2O3/c1-12-9-18(10-13(2)21-12)11-14-7-5-6-8-15(14)16(19)17(3)20-4/h5-8,12-13H,9-11H2,1-4H3/t12-,13+. The molecule has 2 rings (SSSR count). The Bertz CT molecular complexity index is 482. The molecule has 0 aromatic heterocycles. The van der Waals surface area contributed by atoms with E-state index < -0.39 is 0 Å². The second-order valence-corrected chi connectivity index (χ2v) is 5.59. The van der Waals surface area contributed by atoms with E-state index in [1.807, 2.05) is 24.3 Å². The van der Waals surface area contributed by atoms with Crippen LogP contribution in [0, 0.1) is 0 Å². The van der Waals surface area contributed by atoms with Crippen LogP contribution in [0.2, 0.25) is 0 Å². The number of amides is 1. The average Bonchev–Trinajstić information content (AvgIpc) is 2.45. The Balaban J connectivity index is 2.15. The van der Waals surface area contributed by atoms with Gasteiger partial charge in [-0.05, 0) is 25.5 Å². The van der Waals surface area contributed by atoms with Crippen molar-refractivity contribution < 1.29 is 14.4 Å². The fraction of sp³-hybridized carbons (Fsp3) is 0.562. The van der Waals surface area contributed by atoms with Crippen LogP contribution in [0.25, 0.3) is 0 Å². The fourth-order valence-electron chi connectivity index (χ4n) is 2.77. The van der Waals surface area contributed by atoms with Crippen LogP contribution in [0.15, 0.2) is 24.3 Å². The highest BCUT2D eigenvalue weighted by Crippen LogP contribution is 2.18. The van der Waals surface area contributed by atoms with Crippen LogP contribution in [-0.4, -0.2) is 55.3 Å². The van der Waals surface area contributed by atoms with E-state index >= 15 is 0 Å². The van der Waals surface area contributed by atoms with Crippen molar-refractivity contribution in [2.75, 3.05) is 27.2 Å². The van der Waals surface area contributed by atoms with Gasteiger partial charge in [-0.25, -0.2) is 5.06 Å². The minimum atomic E-state index is -0.123. The number of nitrogens with zero attached hydrogens (tertiary/aromatic N) is 2. The van der Waals surface area contributed by atoms with Crippen molar-refractivity contribution in [1.82, 2.24) is 9.96 Å². The van der Waals surface area contributed by atoms with Gasteiger partial charge in [-0.1, -0.05) is 18.2 Å². The van der Waals surface area contributed by atoms with Gasteiger partial charge in [-0.15, -0.1) is 0 Å². The molecule has 0 radical (unpaired) electrons. The van der Waals surface area contributed by atoms with Crippen molar-refractivity contribution in [3.8, 4) is 0 Å². The normalized spacial score (nSPS) is 23.0. The molecule has 0 bridgehead atoms. The molecule has 2 atom stereocenters. The molecular formula is C16H24N2O3. The number of ether oxygens (including phenoxy) is 1. The lowest BCUT2D eigenvalue weighted by Crippen LogP contribution is -2.45. The molecule has 0 unspecified atom stereocenters. The fourth-order valence-corrected chi connectivity index (χ4v) is 2.77. The van der Waals surface area contributed by atoms with Crippen LogP contribution in [-0.2, 0) is 16.1 Å². The van der Waals surface area contributed by atoms with Gasteiger partial charge in [0.1, 0.15) is 0 Å². The van der Waals surface area contributed by atoms with Gasteiger partial charge in [-0.2, -0.15) is 0 Å². The minimum Gasteiger partial charge on any atom is -0.373 e. The number of hydrogen-bond acceptors (Lipinski definition) is 4. The summed E-state index contributed by atoms with van der Waals surface area (Å²) in [5.74, 6) is -0.123. The summed E-state index contributed by atoms with van der Waals surface area (Å²) in [6.07, 6.45) is 0.441. The molecule has 1 amide bonds. The SMILES string of the molecule is CON(C)C(=O)c1ccccc1CN1C[C@@H](C)O[C@@H](C)C1. The van der Waals surface area contributed by atoms with Crippen LogP contribution >= 0.6 is 0 Å². The lowest BCUT2D eigenvalue weighted by Gasteiger charge is -2.35. The smallest absolute Gasteiger partial charge is 0.277 e. The zero-order valence-electron chi connectivity index (χ0n) is 13.2. The van der Waals surface area contributed by atoms with Crippen LogP contribution in [0.4, 0.5) is 0 Å². The number of rotatable bonds is 4. The molecule has 5 nitrogen and oxygen atoms in total. The maximum atomic E-state index is 12.3. The summed E-state index contributed by atoms with van der Waals surface area (Å²) in [7, 11) is 3.11. The predicted octanol–water partition coefficient (Wildman–Crippen LogP) is 1.93. The molecule has 0 spiro atoms. The van der Waals surface area contributed by atoms with E-state index in [4.69, 9.17) is 9.57 Å². The molecule has 116 valence electrons. The van der Waals surface area contributed by atoms with Gasteiger partial charge in [0.15, 0.2) is 0 Å². The molecule has 1 saturated heterocycles. The minimum absolute atomic E-state index is 0.123. The zero-order chi connectivity index (χ0) is 15.4. The van der Waals surface area contributed by atoms with E-state index in [0.29, 0.717) is 5.56 Å². The van der Waals surface area contributed by atoms with Crippen LogP contribution in [0.1, 0.15) is 29.8 Å². The average molecular weight is 292 g/mol. The summed E-state index contributed by atoms with van der Waals surface area (Å²) in [6, 6.07) is 7.69. The van der Waals surface area contributed by atoms with Gasteiger partial charge in [0.2, 0.25) is 0 Å². The number of hydrogen-bond donors (Lipinski definition) is 0. The number of carbonyl (C=O) groups is 1. The first-order valence-electron chi connectivity index (χ1n) is 7.29. The molecule has 1 aromatic carbocycles. The maximum absolute atomic E-state index is 12.3. The molecule has 1 heterocycles. The number of carbonyl (C=O) groups excluding carboxylic acids is 1. The van der Waals surface area contributed by atoms with Crippen molar-refractivity contribution in [3.05, 3.63) is 35.4 Å². The summed E-state index contributed by atoms with van der Waals surface area (Å²) in [6.45, 7) is 6.67. The summed E-state index contributed by atoms with van der Waals surface area (Å²) in [5.41, 5.74) is 1.71. The molecule has 5 heteroatoms. The number of morpholine rings is 1. The van der Waals surface area contributed by atoms with Gasteiger partial charge < -0.3 is 4.74 Å². The maximum Gasteiger partial charge on any atom is 0.277 e. The molecular weight excluding hydrogens is 268 g/mol. The third-order valence-corrected chi connectivity index (χ3v) is 3.70. The summed E-state index contributed by atoms with van der Waals surface area (Å²) in [4.78, 5) is 19.7. The van der Waals surface area contributed by atoms with Crippen LogP contribution in [0.5, 0.6) is 0 Å². The largest absolute Gasteiger partial charge is 0.373 e. The zero-order valence-corrected chi connectivity index (χ0v) is 13.2. The van der Waals surface area contributed by atoms with E-state index in [0.717, 1.165) is 25.2 Å². The summed E-state index contributed by atoms with van der Waals surface area (Å²) >= 11 is 0. The lowest BCUT2D eigenvalue weighted by molar-refractivity contribution is -0.0763. The molecule has 0 aliphatic carbocycles. The Morgan fingerprint density at radius 1 is 1.33 bits per heavy atom. The first-order valence-corrected chi connectivity index (χ1v) is 7.29. The number of benzene rings is 1. The van der Waals surface area contributed by atoms with E-state index in [1.165, 1.54) is 12.2 Å². The van der Waals surface area contributed by atoms with Crippen molar-refractivity contribution >= 4 is 5.91 Å². The Morgan fingerprint density at radius 3 is 2.57 bits per heavy atom. The van der Waals surface area contributed by atoms with Crippen LogP contribution in [0.3, 0.4) is 0 Å². The summed E-state index contributed by atoms with van der Waals surface area (Å²) < 4.78 is 5.75. The molecule has 21 heavy (non-hydrogen) atoms. The van der Waals surface area contributed by atoms with E-state index in [-0.39, 0.29) is 18.1 Å². The van der Waals surface area contributed by atoms with Gasteiger partial charge in [0.05, 0.1) is 19.3 Å². The van der Waals surface area contributed by atoms with E-state index in [9.17, 15) is 4.79 Å². The summed E-state index contributed by atoms with van der Waals surface area (Å²) in [5, 5.41) is 1.25. The van der Waals surface area contributed by atoms with E-state index in [2.05, 4.69) is 18.7 Å². The van der Waals surface area contributed by atoms with Crippen molar-refractivity contribution in [2.24, 2.45) is 0 Å². The monoisotopic (exact) mass is 292 g/mol. The molecule has 1 aliphatic heterocycles. The third-order valence-electron chi connectivity index (χ3n) is 3.70. The van der Waals surface area contributed by atoms with Crippen molar-refractivity contribution in [2.45, 2.75) is 32.6 Å². The first-order chi connectivity index (χ1) is 10.0. The second-order valence-electron chi connectivity index (χ2n) is 5.59. The molecule has 1 aromatic rings. The molecule has 1 fully saturated rings. The second kappa shape index (κ2) is 7.02. The Kier molecular flexibility index (Phi) is 5.33. The van der Waals surface area contributed by atoms with Crippen molar-refractivity contribution in [1.29, 1.82) is 0 Å². The Morgan fingerprint density at radius 2 is 1.95 bits per heavy atom. The molecule has 0 N–H and O–H groups in total. The van der Waals surface area contributed by atoms with Crippen LogP contribution < -0.4 is 0 Å². The predicted molar refractivity (Wildman–Crippen MR) is 80.8 cm³/mol. The quantitative estimate of drug-likeness (QED) is 0.795. The van der Waals surface area contributed by atoms with Gasteiger partial charge in [-0.3, -0.25) is 14.5 Å².